The first-order valence-electron chi connectivity index (χ1n) is 8.50. The summed E-state index contributed by atoms with van der Waals surface area (Å²) in [7, 11) is -1.97. The maximum atomic E-state index is 12.7. The van der Waals surface area contributed by atoms with E-state index in [-0.39, 0.29) is 16.8 Å². The molecule has 0 saturated carbocycles. The number of methoxy groups -OCH3 is 1. The zero-order chi connectivity index (χ0) is 20.4. The largest absolute Gasteiger partial charge is 0.465 e. The van der Waals surface area contributed by atoms with Crippen LogP contribution in [-0.2, 0) is 21.0 Å². The van der Waals surface area contributed by atoms with Crippen molar-refractivity contribution >= 4 is 21.7 Å². The normalized spacial score (nSPS) is 12.5. The third-order valence-corrected chi connectivity index (χ3v) is 5.58. The van der Waals surface area contributed by atoms with Gasteiger partial charge in [0.15, 0.2) is 9.84 Å². The van der Waals surface area contributed by atoms with Crippen LogP contribution in [0.3, 0.4) is 0 Å². The molecule has 0 aliphatic heterocycles. The van der Waals surface area contributed by atoms with Crippen LogP contribution in [0, 0.1) is 6.92 Å². The molecule has 2 N–H and O–H groups in total. The molecular weight excluding hydrogens is 368 g/mol. The third kappa shape index (κ3) is 4.39. The molecule has 1 atom stereocenters. The van der Waals surface area contributed by atoms with Gasteiger partial charge in [0.1, 0.15) is 5.69 Å². The van der Waals surface area contributed by atoms with Gasteiger partial charge in [-0.1, -0.05) is 19.1 Å². The van der Waals surface area contributed by atoms with Gasteiger partial charge >= 0.3 is 5.97 Å². The summed E-state index contributed by atoms with van der Waals surface area (Å²) in [6.07, 6.45) is 1.70. The number of aromatic nitrogens is 1. The fourth-order valence-corrected chi connectivity index (χ4v) is 3.52. The lowest BCUT2D eigenvalue weighted by Crippen LogP contribution is -2.27. The van der Waals surface area contributed by atoms with Crippen molar-refractivity contribution in [1.82, 2.24) is 10.3 Å². The fraction of sp³-hybridized carbons (Fsp3) is 0.368. The molecular formula is C19H24N2O5S. The Hall–Kier alpha value is -2.61. The Morgan fingerprint density at radius 3 is 2.30 bits per heavy atom. The maximum absolute atomic E-state index is 12.7. The number of ether oxygens (including phenoxy) is 1. The molecule has 1 amide bonds. The van der Waals surface area contributed by atoms with Gasteiger partial charge in [0.2, 0.25) is 0 Å². The highest BCUT2D eigenvalue weighted by molar-refractivity contribution is 7.90. The third-order valence-electron chi connectivity index (χ3n) is 4.45. The van der Waals surface area contributed by atoms with Gasteiger partial charge in [-0.2, -0.15) is 0 Å². The Morgan fingerprint density at radius 2 is 1.81 bits per heavy atom. The molecule has 2 rings (SSSR count). The van der Waals surface area contributed by atoms with Crippen molar-refractivity contribution in [2.75, 3.05) is 13.4 Å². The number of amides is 1. The van der Waals surface area contributed by atoms with Crippen molar-refractivity contribution in [2.24, 2.45) is 0 Å². The topological polar surface area (TPSA) is 105 Å². The molecule has 0 saturated heterocycles. The fourth-order valence-electron chi connectivity index (χ4n) is 2.88. The molecule has 0 spiro atoms. The summed E-state index contributed by atoms with van der Waals surface area (Å²) < 4.78 is 27.9. The number of hydrogen-bond donors (Lipinski definition) is 2. The summed E-state index contributed by atoms with van der Waals surface area (Å²) in [6, 6.07) is 6.01. The molecule has 8 heteroatoms. The lowest BCUT2D eigenvalue weighted by Gasteiger charge is -2.14. The van der Waals surface area contributed by atoms with Crippen LogP contribution in [0.4, 0.5) is 0 Å². The van der Waals surface area contributed by atoms with Gasteiger partial charge in [-0.25, -0.2) is 13.2 Å². The standard InChI is InChI=1S/C19H24N2O5S/c1-6-15-16(19(23)26-4)11(2)17(21-15)18(22)20-12(3)13-7-9-14(10-8-13)27(5,24)25/h7-10,12,21H,6H2,1-5H3,(H,20,22)/t12-/m1/s1. The van der Waals surface area contributed by atoms with Crippen LogP contribution in [0.25, 0.3) is 0 Å². The average Bonchev–Trinajstić information content (AvgIpc) is 2.97. The number of carbonyl (C=O) groups excluding carboxylic acids is 2. The van der Waals surface area contributed by atoms with E-state index in [1.54, 1.807) is 26.0 Å². The maximum Gasteiger partial charge on any atom is 0.339 e. The first-order chi connectivity index (χ1) is 12.6. The SMILES string of the molecule is CCc1[nH]c(C(=O)N[C@H](C)c2ccc(S(C)(=O)=O)cc2)c(C)c1C(=O)OC. The predicted molar refractivity (Wildman–Crippen MR) is 102 cm³/mol. The van der Waals surface area contributed by atoms with E-state index in [2.05, 4.69) is 10.3 Å². The number of carbonyl (C=O) groups is 2. The number of nitrogens with one attached hydrogen (secondary N) is 2. The molecule has 1 aromatic carbocycles. The van der Waals surface area contributed by atoms with Gasteiger partial charge < -0.3 is 15.0 Å². The summed E-state index contributed by atoms with van der Waals surface area (Å²) in [5.41, 5.74) is 2.65. The molecule has 0 radical (unpaired) electrons. The van der Waals surface area contributed by atoms with Crippen LogP contribution in [0.15, 0.2) is 29.2 Å². The molecule has 0 unspecified atom stereocenters. The quantitative estimate of drug-likeness (QED) is 0.735. The van der Waals surface area contributed by atoms with Crippen LogP contribution in [-0.4, -0.2) is 38.6 Å². The van der Waals surface area contributed by atoms with E-state index in [0.717, 1.165) is 11.8 Å². The summed E-state index contributed by atoms with van der Waals surface area (Å²) in [6.45, 7) is 5.38. The van der Waals surface area contributed by atoms with E-state index in [0.29, 0.717) is 28.9 Å². The Labute approximate surface area is 159 Å². The number of sulfone groups is 1. The zero-order valence-corrected chi connectivity index (χ0v) is 16.9. The Balaban J connectivity index is 2.24. The molecule has 0 fully saturated rings. The van der Waals surface area contributed by atoms with E-state index in [1.165, 1.54) is 19.2 Å². The van der Waals surface area contributed by atoms with Crippen LogP contribution in [0.1, 0.15) is 57.6 Å². The number of H-pyrrole nitrogens is 1. The van der Waals surface area contributed by atoms with E-state index in [9.17, 15) is 18.0 Å². The van der Waals surface area contributed by atoms with Crippen molar-refractivity contribution in [3.8, 4) is 0 Å². The lowest BCUT2D eigenvalue weighted by molar-refractivity contribution is 0.0599. The second-order valence-corrected chi connectivity index (χ2v) is 8.38. The first-order valence-corrected chi connectivity index (χ1v) is 10.4. The second-order valence-electron chi connectivity index (χ2n) is 6.36. The zero-order valence-electron chi connectivity index (χ0n) is 16.0. The molecule has 1 aromatic heterocycles. The Kier molecular flexibility index (Phi) is 6.10. The summed E-state index contributed by atoms with van der Waals surface area (Å²) in [4.78, 5) is 27.9. The minimum atomic E-state index is -3.27. The van der Waals surface area contributed by atoms with Gasteiger partial charge in [0.25, 0.3) is 5.91 Å². The van der Waals surface area contributed by atoms with Gasteiger partial charge in [-0.05, 0) is 43.5 Å². The van der Waals surface area contributed by atoms with Crippen LogP contribution < -0.4 is 5.32 Å². The minimum absolute atomic E-state index is 0.222. The molecule has 27 heavy (non-hydrogen) atoms. The number of rotatable bonds is 6. The molecule has 146 valence electrons. The van der Waals surface area contributed by atoms with Crippen LogP contribution in [0.5, 0.6) is 0 Å². The monoisotopic (exact) mass is 392 g/mol. The molecule has 7 nitrogen and oxygen atoms in total. The predicted octanol–water partition coefficient (Wildman–Crippen LogP) is 2.57. The number of hydrogen-bond acceptors (Lipinski definition) is 5. The highest BCUT2D eigenvalue weighted by Crippen LogP contribution is 2.22. The van der Waals surface area contributed by atoms with Gasteiger partial charge in [0.05, 0.1) is 23.6 Å². The summed E-state index contributed by atoms with van der Waals surface area (Å²) in [5, 5.41) is 2.86. The number of aromatic amines is 1. The van der Waals surface area contributed by atoms with E-state index < -0.39 is 15.8 Å². The van der Waals surface area contributed by atoms with E-state index in [1.807, 2.05) is 6.92 Å². The highest BCUT2D eigenvalue weighted by Gasteiger charge is 2.24. The molecule has 0 bridgehead atoms. The number of benzene rings is 1. The first kappa shape index (κ1) is 20.7. The number of aryl methyl sites for hydroxylation is 1. The summed E-state index contributed by atoms with van der Waals surface area (Å²) >= 11 is 0. The van der Waals surface area contributed by atoms with Crippen molar-refractivity contribution in [3.63, 3.8) is 0 Å². The van der Waals surface area contributed by atoms with Gasteiger partial charge in [-0.3, -0.25) is 4.79 Å². The molecule has 1 heterocycles. The minimum Gasteiger partial charge on any atom is -0.465 e. The second kappa shape index (κ2) is 7.96. The van der Waals surface area contributed by atoms with Crippen molar-refractivity contribution in [2.45, 2.75) is 38.1 Å². The smallest absolute Gasteiger partial charge is 0.339 e. The Bertz CT molecular complexity index is 959. The molecule has 0 aliphatic rings. The molecule has 0 aliphatic carbocycles. The number of esters is 1. The van der Waals surface area contributed by atoms with E-state index >= 15 is 0 Å². The van der Waals surface area contributed by atoms with Crippen LogP contribution >= 0.6 is 0 Å². The lowest BCUT2D eigenvalue weighted by atomic mass is 10.1. The highest BCUT2D eigenvalue weighted by atomic mass is 32.2. The van der Waals surface area contributed by atoms with Crippen molar-refractivity contribution in [1.29, 1.82) is 0 Å². The Morgan fingerprint density at radius 1 is 1.22 bits per heavy atom. The average molecular weight is 392 g/mol. The van der Waals surface area contributed by atoms with E-state index in [4.69, 9.17) is 4.74 Å². The van der Waals surface area contributed by atoms with Gasteiger partial charge in [-0.15, -0.1) is 0 Å². The van der Waals surface area contributed by atoms with Crippen molar-refractivity contribution < 1.29 is 22.7 Å². The van der Waals surface area contributed by atoms with Crippen LogP contribution in [0.2, 0.25) is 0 Å². The van der Waals surface area contributed by atoms with Crippen molar-refractivity contribution in [3.05, 3.63) is 52.3 Å². The van der Waals surface area contributed by atoms with Gasteiger partial charge in [0, 0.05) is 11.9 Å². The molecule has 2 aromatic rings. The summed E-state index contributed by atoms with van der Waals surface area (Å²) in [5.74, 6) is -0.832.